The van der Waals surface area contributed by atoms with Crippen molar-refractivity contribution in [2.75, 3.05) is 0 Å². The molecule has 0 aromatic carbocycles. The molecule has 2 fully saturated rings. The number of rotatable bonds is 0. The van der Waals surface area contributed by atoms with Gasteiger partial charge in [0.25, 0.3) is 0 Å². The van der Waals surface area contributed by atoms with E-state index in [1.54, 1.807) is 0 Å². The van der Waals surface area contributed by atoms with Crippen LogP contribution in [0, 0.1) is 59.2 Å². The minimum Gasteiger partial charge on any atom is -0.0579 e. The fourth-order valence-electron chi connectivity index (χ4n) is 2.81. The van der Waals surface area contributed by atoms with E-state index in [0.29, 0.717) is 0 Å². The Morgan fingerprint density at radius 3 is 0.346 bits per heavy atom. The average Bonchev–Trinajstić information content (AvgIpc) is 2.89. The Hall–Kier alpha value is 2.46. The van der Waals surface area contributed by atoms with Gasteiger partial charge < -0.3 is 0 Å². The van der Waals surface area contributed by atoms with E-state index in [9.17, 15) is 0 Å². The third kappa shape index (κ3) is 9.51. The average molecular weight is 797 g/mol. The van der Waals surface area contributed by atoms with Crippen LogP contribution in [0.4, 0.5) is 0 Å². The van der Waals surface area contributed by atoms with Gasteiger partial charge in [-0.15, -0.1) is 0 Å². The summed E-state index contributed by atoms with van der Waals surface area (Å²) in [4.78, 5) is 0. The predicted octanol–water partition coefficient (Wildman–Crippen LogP) is 8.70. The van der Waals surface area contributed by atoms with E-state index in [-0.39, 0.29) is 40.2 Å². The molecule has 12 radical (unpaired) electrons. The number of hydrogen-bond acceptors (Lipinski definition) is 0. The van der Waals surface area contributed by atoms with Gasteiger partial charge in [-0.3, -0.25) is 0 Å². The van der Waals surface area contributed by atoms with Gasteiger partial charge in [-0.25, -0.2) is 0 Å². The molecule has 0 bridgehead atoms. The first-order valence-electron chi connectivity index (χ1n) is 7.79. The molecular weight excluding hydrogens is 766 g/mol. The van der Waals surface area contributed by atoms with Gasteiger partial charge in [0, 0.05) is 83.6 Å². The largest absolute Gasteiger partial charge is 0.0579 e. The molecular formula is C20H30Cl4Ir2. The molecule has 0 nitrogen and oxygen atoms in total. The second-order valence-corrected chi connectivity index (χ2v) is 6.25. The summed E-state index contributed by atoms with van der Waals surface area (Å²) < 4.78 is 0. The summed E-state index contributed by atoms with van der Waals surface area (Å²) in [5.74, 6) is 14.7. The van der Waals surface area contributed by atoms with Crippen LogP contribution in [0.25, 0.3) is 0 Å². The molecule has 2 aliphatic carbocycles. The summed E-state index contributed by atoms with van der Waals surface area (Å²) in [6.45, 7) is 22.0. The van der Waals surface area contributed by atoms with E-state index >= 15 is 0 Å². The van der Waals surface area contributed by atoms with Crippen LogP contribution in [0.5, 0.6) is 0 Å². The smallest absolute Gasteiger partial charge is 0 e. The summed E-state index contributed by atoms with van der Waals surface area (Å²) >= 11 is 0. The van der Waals surface area contributed by atoms with E-state index < -0.39 is 0 Å². The van der Waals surface area contributed by atoms with E-state index in [2.05, 4.69) is 113 Å². The second-order valence-electron chi connectivity index (χ2n) is 6.25. The zero-order valence-corrected chi connectivity index (χ0v) is 25.0. The number of halogens is 4. The minimum atomic E-state index is 0. The molecule has 6 heteroatoms. The maximum Gasteiger partial charge on any atom is 0 e. The van der Waals surface area contributed by atoms with Crippen molar-refractivity contribution in [3.8, 4) is 0 Å². The molecule has 0 amide bonds. The molecule has 0 N–H and O–H groups in total. The Kier molecular flexibility index (Phi) is 25.2. The fraction of sp³-hybridized carbons (Fsp3) is 0.500. The molecule has 156 valence electrons. The standard InChI is InChI=1S/2C10H15.2Cl2.2Ir/c2*1-6-7(2)9(4)10(5)8(6)3;2*1-2;;/h2*1-5H3;;;;. The summed E-state index contributed by atoms with van der Waals surface area (Å²) in [7, 11) is 16.4. The first-order valence-corrected chi connectivity index (χ1v) is 10.1. The van der Waals surface area contributed by atoms with Crippen molar-refractivity contribution >= 4 is 43.4 Å². The van der Waals surface area contributed by atoms with Crippen LogP contribution in [-0.2, 0) is 40.2 Å². The molecule has 0 aromatic rings. The Bertz CT molecular complexity index is 201. The second kappa shape index (κ2) is 18.2. The van der Waals surface area contributed by atoms with Crippen molar-refractivity contribution in [3.63, 3.8) is 0 Å². The Labute approximate surface area is 210 Å². The van der Waals surface area contributed by atoms with Crippen LogP contribution in [0.1, 0.15) is 69.2 Å². The van der Waals surface area contributed by atoms with Crippen LogP contribution < -0.4 is 0 Å². The van der Waals surface area contributed by atoms with Crippen molar-refractivity contribution in [2.24, 2.45) is 0 Å². The molecule has 0 aromatic heterocycles. The summed E-state index contributed by atoms with van der Waals surface area (Å²) in [6, 6.07) is 0. The maximum atomic E-state index is 4.11. The van der Waals surface area contributed by atoms with E-state index in [0.717, 1.165) is 0 Å². The summed E-state index contributed by atoms with van der Waals surface area (Å²) in [5.41, 5.74) is 0. The van der Waals surface area contributed by atoms with Gasteiger partial charge in [-0.2, -0.15) is 0 Å². The van der Waals surface area contributed by atoms with Gasteiger partial charge in [0.15, 0.2) is 0 Å². The molecule has 26 heavy (non-hydrogen) atoms. The minimum absolute atomic E-state index is 0. The first kappa shape index (κ1) is 35.9. The Morgan fingerprint density at radius 1 is 0.269 bits per heavy atom. The molecule has 0 atom stereocenters. The van der Waals surface area contributed by atoms with Gasteiger partial charge in [-0.05, 0) is 59.2 Å². The third-order valence-electron chi connectivity index (χ3n) is 5.62. The van der Waals surface area contributed by atoms with Gasteiger partial charge >= 0.3 is 0 Å². The van der Waals surface area contributed by atoms with Crippen LogP contribution in [0.2, 0.25) is 0 Å². The molecule has 2 saturated carbocycles. The van der Waals surface area contributed by atoms with Gasteiger partial charge in [0.05, 0.1) is 0 Å². The topological polar surface area (TPSA) is 0 Å². The molecule has 0 spiro atoms. The van der Waals surface area contributed by atoms with Crippen LogP contribution in [-0.4, -0.2) is 0 Å². The van der Waals surface area contributed by atoms with Crippen LogP contribution >= 0.6 is 43.4 Å². The van der Waals surface area contributed by atoms with Crippen LogP contribution in [0.3, 0.4) is 0 Å². The Morgan fingerprint density at radius 2 is 0.308 bits per heavy atom. The Balaban J connectivity index is -0.000000147. The van der Waals surface area contributed by atoms with Crippen molar-refractivity contribution in [3.05, 3.63) is 59.2 Å². The van der Waals surface area contributed by atoms with Gasteiger partial charge in [-0.1, -0.05) is 69.2 Å². The molecule has 0 unspecified atom stereocenters. The van der Waals surface area contributed by atoms with E-state index in [4.69, 9.17) is 0 Å². The molecule has 2 rings (SSSR count). The zero-order chi connectivity index (χ0) is 19.8. The zero-order valence-electron chi connectivity index (χ0n) is 17.2. The summed E-state index contributed by atoms with van der Waals surface area (Å²) in [6.07, 6.45) is 0. The predicted molar refractivity (Wildman–Crippen MR) is 113 cm³/mol. The molecule has 0 heterocycles. The van der Waals surface area contributed by atoms with Crippen molar-refractivity contribution in [2.45, 2.75) is 69.2 Å². The number of hydrogen-bond donors (Lipinski definition) is 0. The quantitative estimate of drug-likeness (QED) is 0.230. The monoisotopic (exact) mass is 796 g/mol. The van der Waals surface area contributed by atoms with Crippen LogP contribution in [0.15, 0.2) is 0 Å². The van der Waals surface area contributed by atoms with Crippen molar-refractivity contribution in [1.29, 1.82) is 0 Å². The molecule has 2 aliphatic rings. The van der Waals surface area contributed by atoms with Crippen molar-refractivity contribution < 1.29 is 40.2 Å². The SMILES string of the molecule is C[C]1[C](C)[C](C)[C](C)[C]1C.C[C]1[C](C)[C](C)[C](C)[C]1C.ClCl.ClCl.[Ir].[Ir]. The van der Waals surface area contributed by atoms with Crippen molar-refractivity contribution in [1.82, 2.24) is 0 Å². The van der Waals surface area contributed by atoms with Gasteiger partial charge in [0.1, 0.15) is 0 Å². The fourth-order valence-corrected chi connectivity index (χ4v) is 2.81. The molecule has 0 aliphatic heterocycles. The van der Waals surface area contributed by atoms with E-state index in [1.807, 2.05) is 0 Å². The first-order chi connectivity index (χ1) is 11.1. The third-order valence-corrected chi connectivity index (χ3v) is 5.62. The van der Waals surface area contributed by atoms with E-state index in [1.165, 1.54) is 59.2 Å². The normalized spacial score (nSPS) is 22.4. The van der Waals surface area contributed by atoms with Gasteiger partial charge in [0.2, 0.25) is 0 Å². The summed E-state index contributed by atoms with van der Waals surface area (Å²) in [5, 5.41) is 0. The molecule has 0 saturated heterocycles. The maximum absolute atomic E-state index is 4.11.